The van der Waals surface area contributed by atoms with E-state index < -0.39 is 0 Å². The first-order valence-electron chi connectivity index (χ1n) is 6.45. The molecule has 1 N–H and O–H groups in total. The standard InChI is InChI=1S/C16H15N3/c17-11-13-6-7-16-14(10-13)12-18-8-9-19(16)15-4-2-1-3-5-15/h1-7,10,18H,8-9,12H2. The highest BCUT2D eigenvalue weighted by molar-refractivity contribution is 5.68. The van der Waals surface area contributed by atoms with Crippen molar-refractivity contribution in [3.8, 4) is 6.07 Å². The average Bonchev–Trinajstić information content (AvgIpc) is 2.69. The van der Waals surface area contributed by atoms with E-state index in [-0.39, 0.29) is 0 Å². The molecule has 94 valence electrons. The van der Waals surface area contributed by atoms with Gasteiger partial charge in [0.05, 0.1) is 11.6 Å². The van der Waals surface area contributed by atoms with Gasteiger partial charge in [0, 0.05) is 31.0 Å². The monoisotopic (exact) mass is 249 g/mol. The Morgan fingerprint density at radius 1 is 1.11 bits per heavy atom. The molecule has 0 saturated heterocycles. The summed E-state index contributed by atoms with van der Waals surface area (Å²) in [6.07, 6.45) is 0. The van der Waals surface area contributed by atoms with Gasteiger partial charge in [-0.05, 0) is 35.9 Å². The summed E-state index contributed by atoms with van der Waals surface area (Å²) >= 11 is 0. The molecule has 0 spiro atoms. The second kappa shape index (κ2) is 5.13. The molecule has 2 aromatic rings. The zero-order valence-corrected chi connectivity index (χ0v) is 10.6. The molecule has 0 fully saturated rings. The third-order valence-corrected chi connectivity index (χ3v) is 3.39. The maximum absolute atomic E-state index is 9.01. The van der Waals surface area contributed by atoms with Crippen LogP contribution < -0.4 is 10.2 Å². The summed E-state index contributed by atoms with van der Waals surface area (Å²) in [5.74, 6) is 0. The Morgan fingerprint density at radius 3 is 2.74 bits per heavy atom. The van der Waals surface area contributed by atoms with E-state index >= 15 is 0 Å². The number of para-hydroxylation sites is 1. The maximum Gasteiger partial charge on any atom is 0.0991 e. The first-order chi connectivity index (χ1) is 9.38. The lowest BCUT2D eigenvalue weighted by Gasteiger charge is -2.24. The van der Waals surface area contributed by atoms with E-state index in [1.807, 2.05) is 24.3 Å². The van der Waals surface area contributed by atoms with Crippen molar-refractivity contribution in [3.63, 3.8) is 0 Å². The zero-order chi connectivity index (χ0) is 13.1. The molecule has 19 heavy (non-hydrogen) atoms. The molecule has 1 aliphatic rings. The Kier molecular flexibility index (Phi) is 3.18. The molecule has 3 heteroatoms. The predicted molar refractivity (Wildman–Crippen MR) is 76.3 cm³/mol. The van der Waals surface area contributed by atoms with Crippen molar-refractivity contribution in [2.75, 3.05) is 18.0 Å². The zero-order valence-electron chi connectivity index (χ0n) is 10.6. The van der Waals surface area contributed by atoms with E-state index in [4.69, 9.17) is 5.26 Å². The van der Waals surface area contributed by atoms with Crippen LogP contribution in [0, 0.1) is 11.3 Å². The van der Waals surface area contributed by atoms with Crippen LogP contribution in [0.1, 0.15) is 11.1 Å². The second-order valence-electron chi connectivity index (χ2n) is 4.62. The van der Waals surface area contributed by atoms with Gasteiger partial charge in [-0.15, -0.1) is 0 Å². The highest BCUT2D eigenvalue weighted by atomic mass is 15.2. The minimum Gasteiger partial charge on any atom is -0.340 e. The lowest BCUT2D eigenvalue weighted by Crippen LogP contribution is -2.24. The first-order valence-corrected chi connectivity index (χ1v) is 6.45. The summed E-state index contributed by atoms with van der Waals surface area (Å²) in [5, 5.41) is 12.4. The van der Waals surface area contributed by atoms with Gasteiger partial charge in [-0.25, -0.2) is 0 Å². The van der Waals surface area contributed by atoms with Gasteiger partial charge in [0.2, 0.25) is 0 Å². The molecule has 0 aromatic heterocycles. The van der Waals surface area contributed by atoms with E-state index in [0.717, 1.165) is 25.2 Å². The van der Waals surface area contributed by atoms with Crippen molar-refractivity contribution >= 4 is 11.4 Å². The van der Waals surface area contributed by atoms with E-state index in [1.54, 1.807) is 0 Å². The van der Waals surface area contributed by atoms with Crippen LogP contribution >= 0.6 is 0 Å². The van der Waals surface area contributed by atoms with Gasteiger partial charge in [0.25, 0.3) is 0 Å². The van der Waals surface area contributed by atoms with Crippen LogP contribution in [-0.2, 0) is 6.54 Å². The molecule has 1 heterocycles. The molecule has 0 amide bonds. The van der Waals surface area contributed by atoms with Crippen LogP contribution in [0.3, 0.4) is 0 Å². The number of fused-ring (bicyclic) bond motifs is 1. The quantitative estimate of drug-likeness (QED) is 0.844. The summed E-state index contributed by atoms with van der Waals surface area (Å²) in [6, 6.07) is 18.5. The maximum atomic E-state index is 9.01. The lowest BCUT2D eigenvalue weighted by atomic mass is 10.1. The fourth-order valence-electron chi connectivity index (χ4n) is 2.47. The third-order valence-electron chi connectivity index (χ3n) is 3.39. The SMILES string of the molecule is N#Cc1ccc2c(c1)CNCCN2c1ccccc1. The minimum atomic E-state index is 0.718. The Balaban J connectivity index is 2.07. The molecule has 3 nitrogen and oxygen atoms in total. The van der Waals surface area contributed by atoms with E-state index in [0.29, 0.717) is 0 Å². The normalized spacial score (nSPS) is 14.4. The van der Waals surface area contributed by atoms with Gasteiger partial charge in [-0.1, -0.05) is 18.2 Å². The van der Waals surface area contributed by atoms with Gasteiger partial charge in [0.1, 0.15) is 0 Å². The molecule has 0 radical (unpaired) electrons. The number of nitrogens with zero attached hydrogens (tertiary/aromatic N) is 2. The lowest BCUT2D eigenvalue weighted by molar-refractivity contribution is 0.712. The van der Waals surface area contributed by atoms with Crippen molar-refractivity contribution < 1.29 is 0 Å². The van der Waals surface area contributed by atoms with Gasteiger partial charge < -0.3 is 10.2 Å². The Hall–Kier alpha value is -2.31. The van der Waals surface area contributed by atoms with Crippen LogP contribution in [0.25, 0.3) is 0 Å². The smallest absolute Gasteiger partial charge is 0.0991 e. The van der Waals surface area contributed by atoms with Gasteiger partial charge in [-0.2, -0.15) is 5.26 Å². The number of anilines is 2. The van der Waals surface area contributed by atoms with Crippen molar-refractivity contribution in [2.45, 2.75) is 6.54 Å². The summed E-state index contributed by atoms with van der Waals surface area (Å²) in [6.45, 7) is 2.68. The van der Waals surface area contributed by atoms with Gasteiger partial charge >= 0.3 is 0 Å². The molecule has 0 atom stereocenters. The summed E-state index contributed by atoms with van der Waals surface area (Å²) in [4.78, 5) is 2.30. The predicted octanol–water partition coefficient (Wildman–Crippen LogP) is 2.80. The number of nitriles is 1. The molecule has 1 aliphatic heterocycles. The molecule has 0 aliphatic carbocycles. The topological polar surface area (TPSA) is 39.1 Å². The van der Waals surface area contributed by atoms with Crippen LogP contribution in [0.15, 0.2) is 48.5 Å². The molecule has 3 rings (SSSR count). The van der Waals surface area contributed by atoms with Crippen molar-refractivity contribution in [3.05, 3.63) is 59.7 Å². The Labute approximate surface area is 113 Å². The number of hydrogen-bond acceptors (Lipinski definition) is 3. The van der Waals surface area contributed by atoms with E-state index in [2.05, 4.69) is 40.6 Å². The summed E-state index contributed by atoms with van der Waals surface area (Å²) < 4.78 is 0. The minimum absolute atomic E-state index is 0.718. The summed E-state index contributed by atoms with van der Waals surface area (Å²) in [7, 11) is 0. The van der Waals surface area contributed by atoms with Crippen LogP contribution in [0.4, 0.5) is 11.4 Å². The Bertz CT molecular complexity index is 614. The molecular formula is C16H15N3. The third kappa shape index (κ3) is 2.31. The number of nitrogens with one attached hydrogen (secondary N) is 1. The number of hydrogen-bond donors (Lipinski definition) is 1. The van der Waals surface area contributed by atoms with E-state index in [9.17, 15) is 0 Å². The van der Waals surface area contributed by atoms with E-state index in [1.165, 1.54) is 16.9 Å². The molecule has 0 saturated carbocycles. The Morgan fingerprint density at radius 2 is 1.95 bits per heavy atom. The first kappa shape index (κ1) is 11.8. The van der Waals surface area contributed by atoms with Gasteiger partial charge in [0.15, 0.2) is 0 Å². The fraction of sp³-hybridized carbons (Fsp3) is 0.188. The van der Waals surface area contributed by atoms with Crippen molar-refractivity contribution in [2.24, 2.45) is 0 Å². The van der Waals surface area contributed by atoms with Crippen molar-refractivity contribution in [1.82, 2.24) is 5.32 Å². The fourth-order valence-corrected chi connectivity index (χ4v) is 2.47. The highest BCUT2D eigenvalue weighted by Crippen LogP contribution is 2.30. The molecule has 0 bridgehead atoms. The number of benzene rings is 2. The molecule has 0 unspecified atom stereocenters. The molecular weight excluding hydrogens is 234 g/mol. The number of rotatable bonds is 1. The van der Waals surface area contributed by atoms with Gasteiger partial charge in [-0.3, -0.25) is 0 Å². The highest BCUT2D eigenvalue weighted by Gasteiger charge is 2.16. The molecule has 2 aromatic carbocycles. The van der Waals surface area contributed by atoms with Crippen LogP contribution in [0.5, 0.6) is 0 Å². The van der Waals surface area contributed by atoms with Crippen LogP contribution in [-0.4, -0.2) is 13.1 Å². The summed E-state index contributed by atoms with van der Waals surface area (Å²) in [5.41, 5.74) is 4.28. The van der Waals surface area contributed by atoms with Crippen molar-refractivity contribution in [1.29, 1.82) is 5.26 Å². The largest absolute Gasteiger partial charge is 0.340 e. The van der Waals surface area contributed by atoms with Crippen LogP contribution in [0.2, 0.25) is 0 Å². The average molecular weight is 249 g/mol. The second-order valence-corrected chi connectivity index (χ2v) is 4.62.